The molecule has 0 saturated carbocycles. The average Bonchev–Trinajstić information content (AvgIpc) is 3.05. The van der Waals surface area contributed by atoms with Gasteiger partial charge in [-0.3, -0.25) is 5.10 Å². The molecule has 124 valence electrons. The Labute approximate surface area is 141 Å². The van der Waals surface area contributed by atoms with Crippen LogP contribution in [0.3, 0.4) is 0 Å². The van der Waals surface area contributed by atoms with Gasteiger partial charge in [-0.2, -0.15) is 5.10 Å². The van der Waals surface area contributed by atoms with E-state index in [4.69, 9.17) is 4.74 Å². The van der Waals surface area contributed by atoms with Gasteiger partial charge in [0, 0.05) is 5.56 Å². The molecule has 25 heavy (non-hydrogen) atoms. The Hall–Kier alpha value is -3.35. The van der Waals surface area contributed by atoms with E-state index in [-0.39, 0.29) is 11.4 Å². The molecule has 0 fully saturated rings. The summed E-state index contributed by atoms with van der Waals surface area (Å²) in [5.41, 5.74) is 1.72. The van der Waals surface area contributed by atoms with Gasteiger partial charge in [-0.15, -0.1) is 0 Å². The van der Waals surface area contributed by atoms with E-state index in [1.807, 2.05) is 0 Å². The molecule has 0 aliphatic carbocycles. The van der Waals surface area contributed by atoms with E-state index in [1.165, 1.54) is 25.4 Å². The van der Waals surface area contributed by atoms with E-state index in [2.05, 4.69) is 20.2 Å². The van der Waals surface area contributed by atoms with Crippen molar-refractivity contribution in [1.29, 1.82) is 0 Å². The van der Waals surface area contributed by atoms with Gasteiger partial charge in [0.15, 0.2) is 5.82 Å². The zero-order valence-corrected chi connectivity index (χ0v) is 13.1. The number of halogens is 2. The second-order valence-corrected chi connectivity index (χ2v) is 5.33. The molecular weight excluding hydrogens is 326 g/mol. The summed E-state index contributed by atoms with van der Waals surface area (Å²) in [5.74, 6) is -0.467. The Balaban J connectivity index is 1.95. The van der Waals surface area contributed by atoms with Crippen molar-refractivity contribution in [2.24, 2.45) is 0 Å². The van der Waals surface area contributed by atoms with Crippen molar-refractivity contribution in [1.82, 2.24) is 20.2 Å². The third-order valence-corrected chi connectivity index (χ3v) is 3.85. The van der Waals surface area contributed by atoms with E-state index in [9.17, 15) is 8.78 Å². The smallest absolute Gasteiger partial charge is 0.166 e. The van der Waals surface area contributed by atoms with Crippen molar-refractivity contribution < 1.29 is 13.5 Å². The van der Waals surface area contributed by atoms with Gasteiger partial charge in [-0.1, -0.05) is 18.2 Å². The number of nitrogens with zero attached hydrogens (tertiary/aromatic N) is 3. The first-order valence-electron chi connectivity index (χ1n) is 7.48. The molecule has 0 aliphatic rings. The second-order valence-electron chi connectivity index (χ2n) is 5.33. The number of fused-ring (bicyclic) bond motifs is 1. The largest absolute Gasteiger partial charge is 0.496 e. The number of rotatable bonds is 3. The first kappa shape index (κ1) is 15.2. The number of nitrogens with one attached hydrogen (secondary N) is 1. The van der Waals surface area contributed by atoms with E-state index >= 15 is 0 Å². The molecule has 4 rings (SSSR count). The van der Waals surface area contributed by atoms with E-state index in [0.29, 0.717) is 28.0 Å². The van der Waals surface area contributed by atoms with Crippen molar-refractivity contribution in [3.05, 3.63) is 60.3 Å². The molecule has 2 aromatic carbocycles. The van der Waals surface area contributed by atoms with Crippen molar-refractivity contribution in [3.63, 3.8) is 0 Å². The standard InChI is InChI=1S/C18H12F2N4O/c1-25-14-8-4-7-12(20)15(14)18-21-9-13-17(22-18)16(24-23-13)10-5-2-3-6-11(10)19/h2-9H,1H3,(H,23,24). The van der Waals surface area contributed by atoms with Crippen molar-refractivity contribution in [3.8, 4) is 28.4 Å². The van der Waals surface area contributed by atoms with Gasteiger partial charge in [-0.05, 0) is 24.3 Å². The highest BCUT2D eigenvalue weighted by molar-refractivity contribution is 5.90. The Morgan fingerprint density at radius 3 is 2.60 bits per heavy atom. The highest BCUT2D eigenvalue weighted by Crippen LogP contribution is 2.32. The topological polar surface area (TPSA) is 63.7 Å². The summed E-state index contributed by atoms with van der Waals surface area (Å²) in [6.07, 6.45) is 1.49. The van der Waals surface area contributed by atoms with Crippen LogP contribution in [0.2, 0.25) is 0 Å². The van der Waals surface area contributed by atoms with Crippen LogP contribution < -0.4 is 4.74 Å². The minimum absolute atomic E-state index is 0.140. The van der Waals surface area contributed by atoms with Gasteiger partial charge in [0.2, 0.25) is 0 Å². The number of methoxy groups -OCH3 is 1. The average molecular weight is 338 g/mol. The SMILES string of the molecule is COc1cccc(F)c1-c1ncc2[nH]nc(-c3ccccc3F)c2n1. The molecule has 0 unspecified atom stereocenters. The zero-order chi connectivity index (χ0) is 17.4. The van der Waals surface area contributed by atoms with Gasteiger partial charge in [-0.25, -0.2) is 18.7 Å². The fourth-order valence-corrected chi connectivity index (χ4v) is 2.67. The van der Waals surface area contributed by atoms with Gasteiger partial charge in [0.05, 0.1) is 18.9 Å². The monoisotopic (exact) mass is 338 g/mol. The molecule has 7 heteroatoms. The van der Waals surface area contributed by atoms with E-state index < -0.39 is 11.6 Å². The predicted octanol–water partition coefficient (Wildman–Crippen LogP) is 3.97. The minimum atomic E-state index is -0.505. The molecule has 0 aliphatic heterocycles. The number of ether oxygens (including phenoxy) is 1. The summed E-state index contributed by atoms with van der Waals surface area (Å²) >= 11 is 0. The van der Waals surface area contributed by atoms with Crippen LogP contribution in [0.15, 0.2) is 48.7 Å². The van der Waals surface area contributed by atoms with Crippen molar-refractivity contribution >= 4 is 11.0 Å². The Morgan fingerprint density at radius 1 is 1.00 bits per heavy atom. The molecule has 5 nitrogen and oxygen atoms in total. The molecule has 0 spiro atoms. The molecule has 2 aromatic heterocycles. The maximum atomic E-state index is 14.3. The molecule has 0 bridgehead atoms. The van der Waals surface area contributed by atoms with Crippen LogP contribution in [0, 0.1) is 11.6 Å². The number of hydrogen-bond donors (Lipinski definition) is 1. The summed E-state index contributed by atoms with van der Waals surface area (Å²) in [4.78, 5) is 8.58. The van der Waals surface area contributed by atoms with Gasteiger partial charge >= 0.3 is 0 Å². The number of aromatic amines is 1. The van der Waals surface area contributed by atoms with Gasteiger partial charge in [0.1, 0.15) is 34.1 Å². The zero-order valence-electron chi connectivity index (χ0n) is 13.1. The lowest BCUT2D eigenvalue weighted by atomic mass is 10.1. The van der Waals surface area contributed by atoms with Crippen LogP contribution in [0.4, 0.5) is 8.78 Å². The van der Waals surface area contributed by atoms with E-state index in [0.717, 1.165) is 0 Å². The van der Waals surface area contributed by atoms with Crippen LogP contribution in [-0.4, -0.2) is 27.3 Å². The fraction of sp³-hybridized carbons (Fsp3) is 0.0556. The number of benzene rings is 2. The molecule has 2 heterocycles. The van der Waals surface area contributed by atoms with Crippen molar-refractivity contribution in [2.75, 3.05) is 7.11 Å². The highest BCUT2D eigenvalue weighted by atomic mass is 19.1. The molecule has 0 atom stereocenters. The molecular formula is C18H12F2N4O. The first-order chi connectivity index (χ1) is 12.2. The van der Waals surface area contributed by atoms with Gasteiger partial charge in [0.25, 0.3) is 0 Å². The van der Waals surface area contributed by atoms with Crippen molar-refractivity contribution in [2.45, 2.75) is 0 Å². The molecule has 4 aromatic rings. The second kappa shape index (κ2) is 5.94. The molecule has 0 radical (unpaired) electrons. The fourth-order valence-electron chi connectivity index (χ4n) is 2.67. The summed E-state index contributed by atoms with van der Waals surface area (Å²) in [6, 6.07) is 10.7. The Kier molecular flexibility index (Phi) is 3.61. The van der Waals surface area contributed by atoms with Crippen LogP contribution in [0.25, 0.3) is 33.7 Å². The maximum Gasteiger partial charge on any atom is 0.166 e. The quantitative estimate of drug-likeness (QED) is 0.614. The lowest BCUT2D eigenvalue weighted by Crippen LogP contribution is -1.96. The molecule has 0 amide bonds. The highest BCUT2D eigenvalue weighted by Gasteiger charge is 2.18. The Bertz CT molecular complexity index is 1080. The van der Waals surface area contributed by atoms with E-state index in [1.54, 1.807) is 30.3 Å². The maximum absolute atomic E-state index is 14.3. The third-order valence-electron chi connectivity index (χ3n) is 3.85. The normalized spacial score (nSPS) is 11.0. The van der Waals surface area contributed by atoms with Crippen LogP contribution >= 0.6 is 0 Å². The first-order valence-corrected chi connectivity index (χ1v) is 7.48. The summed E-state index contributed by atoms with van der Waals surface area (Å²) < 4.78 is 33.6. The summed E-state index contributed by atoms with van der Waals surface area (Å²) in [7, 11) is 1.44. The van der Waals surface area contributed by atoms with Crippen LogP contribution in [-0.2, 0) is 0 Å². The molecule has 1 N–H and O–H groups in total. The Morgan fingerprint density at radius 2 is 1.80 bits per heavy atom. The van der Waals surface area contributed by atoms with Crippen LogP contribution in [0.1, 0.15) is 0 Å². The summed E-state index contributed by atoms with van der Waals surface area (Å²) in [5, 5.41) is 6.90. The number of aromatic nitrogens is 4. The van der Waals surface area contributed by atoms with Gasteiger partial charge < -0.3 is 4.74 Å². The lowest BCUT2D eigenvalue weighted by Gasteiger charge is -2.08. The number of hydrogen-bond acceptors (Lipinski definition) is 4. The predicted molar refractivity (Wildman–Crippen MR) is 89.0 cm³/mol. The summed E-state index contributed by atoms with van der Waals surface area (Å²) in [6.45, 7) is 0. The number of H-pyrrole nitrogens is 1. The van der Waals surface area contributed by atoms with Crippen LogP contribution in [0.5, 0.6) is 5.75 Å². The lowest BCUT2D eigenvalue weighted by molar-refractivity contribution is 0.413. The third kappa shape index (κ3) is 2.50. The molecule has 0 saturated heterocycles. The minimum Gasteiger partial charge on any atom is -0.496 e.